The Hall–Kier alpha value is -3.40. The Morgan fingerprint density at radius 1 is 0.789 bits per heavy atom. The van der Waals surface area contributed by atoms with Crippen LogP contribution in [0, 0.1) is 0 Å². The van der Waals surface area contributed by atoms with Crippen molar-refractivity contribution < 1.29 is 28.2 Å². The van der Waals surface area contributed by atoms with Gasteiger partial charge in [0.15, 0.2) is 9.84 Å². The Morgan fingerprint density at radius 2 is 1.32 bits per heavy atom. The predicted molar refractivity (Wildman–Crippen MR) is 147 cm³/mol. The van der Waals surface area contributed by atoms with Gasteiger partial charge >= 0.3 is 11.9 Å². The molecule has 3 aromatic rings. The lowest BCUT2D eigenvalue weighted by Gasteiger charge is -2.36. The Bertz CT molecular complexity index is 1270. The maximum atomic E-state index is 13.4. The molecule has 1 unspecified atom stereocenters. The smallest absolute Gasteiger partial charge is 0.414 e. The number of carbonyl (C=O) groups is 2. The van der Waals surface area contributed by atoms with Gasteiger partial charge in [-0.1, -0.05) is 60.1 Å². The Labute approximate surface area is 228 Å². The number of anilines is 1. The van der Waals surface area contributed by atoms with Gasteiger partial charge in [0, 0.05) is 36.9 Å². The largest absolute Gasteiger partial charge is 0.473 e. The molecule has 0 saturated carbocycles. The van der Waals surface area contributed by atoms with Crippen molar-refractivity contribution in [3.8, 4) is 0 Å². The minimum absolute atomic E-state index is 0.372. The molecular weight excluding hydrogens is 528 g/mol. The second kappa shape index (κ2) is 13.9. The van der Waals surface area contributed by atoms with Crippen LogP contribution in [0.2, 0.25) is 5.02 Å². The molecule has 2 N–H and O–H groups in total. The van der Waals surface area contributed by atoms with Gasteiger partial charge in [-0.15, -0.1) is 0 Å². The summed E-state index contributed by atoms with van der Waals surface area (Å²) in [6.07, 6.45) is 1.41. The average molecular weight is 559 g/mol. The molecule has 0 bridgehead atoms. The summed E-state index contributed by atoms with van der Waals surface area (Å²) in [6.45, 7) is 4.87. The SMILES string of the molecule is O=C(O)C(=O)O.O=S(=O)(c1ccccc1)C(CCCN1CCN(c2ccccc2)CC1)c1ccc(Cl)cc1. The van der Waals surface area contributed by atoms with E-state index in [9.17, 15) is 8.42 Å². The topological polar surface area (TPSA) is 115 Å². The zero-order valence-corrected chi connectivity index (χ0v) is 22.4. The summed E-state index contributed by atoms with van der Waals surface area (Å²) in [6, 6.07) is 26.5. The van der Waals surface area contributed by atoms with E-state index in [0.29, 0.717) is 16.3 Å². The van der Waals surface area contributed by atoms with Crippen LogP contribution in [0.4, 0.5) is 5.69 Å². The number of para-hydroxylation sites is 1. The van der Waals surface area contributed by atoms with Crippen LogP contribution in [0.5, 0.6) is 0 Å². The third-order valence-corrected chi connectivity index (χ3v) is 8.74. The van der Waals surface area contributed by atoms with E-state index in [4.69, 9.17) is 31.4 Å². The number of piperazine rings is 1. The number of hydrogen-bond donors (Lipinski definition) is 2. The summed E-state index contributed by atoms with van der Waals surface area (Å²) < 4.78 is 26.9. The van der Waals surface area contributed by atoms with E-state index < -0.39 is 27.0 Å². The number of carboxylic acid groups (broad SMARTS) is 2. The molecular formula is C28H31ClN2O6S. The van der Waals surface area contributed by atoms with Crippen LogP contribution in [0.15, 0.2) is 89.8 Å². The van der Waals surface area contributed by atoms with E-state index in [0.717, 1.165) is 44.7 Å². The first-order valence-electron chi connectivity index (χ1n) is 12.2. The highest BCUT2D eigenvalue weighted by molar-refractivity contribution is 7.91. The average Bonchev–Trinajstić information content (AvgIpc) is 2.93. The summed E-state index contributed by atoms with van der Waals surface area (Å²) in [5.41, 5.74) is 2.07. The van der Waals surface area contributed by atoms with Crippen LogP contribution in [-0.4, -0.2) is 68.2 Å². The molecule has 202 valence electrons. The van der Waals surface area contributed by atoms with Gasteiger partial charge in [-0.05, 0) is 61.3 Å². The summed E-state index contributed by atoms with van der Waals surface area (Å²) in [5.74, 6) is -3.65. The molecule has 1 fully saturated rings. The fourth-order valence-corrected chi connectivity index (χ4v) is 6.31. The van der Waals surface area contributed by atoms with Crippen molar-refractivity contribution in [3.63, 3.8) is 0 Å². The number of benzene rings is 3. The van der Waals surface area contributed by atoms with Gasteiger partial charge in [0.05, 0.1) is 10.1 Å². The van der Waals surface area contributed by atoms with E-state index in [1.807, 2.05) is 24.3 Å². The van der Waals surface area contributed by atoms with Gasteiger partial charge in [0.2, 0.25) is 0 Å². The molecule has 8 nitrogen and oxygen atoms in total. The summed E-state index contributed by atoms with van der Waals surface area (Å²) in [4.78, 5) is 23.4. The normalized spacial score (nSPS) is 14.7. The van der Waals surface area contributed by atoms with E-state index in [1.54, 1.807) is 36.4 Å². The summed E-state index contributed by atoms with van der Waals surface area (Å²) in [7, 11) is -3.48. The molecule has 1 heterocycles. The van der Waals surface area contributed by atoms with Crippen LogP contribution in [-0.2, 0) is 19.4 Å². The molecule has 10 heteroatoms. The molecule has 38 heavy (non-hydrogen) atoms. The monoisotopic (exact) mass is 558 g/mol. The summed E-state index contributed by atoms with van der Waals surface area (Å²) >= 11 is 6.05. The molecule has 0 aromatic heterocycles. The molecule has 0 amide bonds. The second-order valence-corrected chi connectivity index (χ2v) is 11.4. The van der Waals surface area contributed by atoms with Gasteiger partial charge in [-0.2, -0.15) is 0 Å². The lowest BCUT2D eigenvalue weighted by Crippen LogP contribution is -2.46. The molecule has 1 aliphatic heterocycles. The van der Waals surface area contributed by atoms with Crippen molar-refractivity contribution in [1.29, 1.82) is 0 Å². The van der Waals surface area contributed by atoms with Crippen LogP contribution in [0.25, 0.3) is 0 Å². The molecule has 1 atom stereocenters. The molecule has 0 aliphatic carbocycles. The third kappa shape index (κ3) is 8.31. The molecule has 0 spiro atoms. The number of carboxylic acids is 2. The standard InChI is InChI=1S/C26H29ClN2O2S.C2H2O4/c27-23-15-13-22(14-16-23)26(32(30,31)25-10-5-2-6-11-25)12-7-17-28-18-20-29(21-19-28)24-8-3-1-4-9-24;3-1(4)2(5)6/h1-6,8-11,13-16,26H,7,12,17-21H2;(H,3,4)(H,5,6). The van der Waals surface area contributed by atoms with E-state index in [-0.39, 0.29) is 0 Å². The number of sulfone groups is 1. The number of halogens is 1. The fraction of sp³-hybridized carbons (Fsp3) is 0.286. The molecule has 1 aliphatic rings. The van der Waals surface area contributed by atoms with Crippen molar-refractivity contribution in [2.75, 3.05) is 37.6 Å². The van der Waals surface area contributed by atoms with Gasteiger partial charge in [0.1, 0.15) is 0 Å². The Kier molecular flexibility index (Phi) is 10.7. The number of nitrogens with zero attached hydrogens (tertiary/aromatic N) is 2. The second-order valence-electron chi connectivity index (χ2n) is 8.82. The van der Waals surface area contributed by atoms with Gasteiger partial charge < -0.3 is 15.1 Å². The number of hydrogen-bond acceptors (Lipinski definition) is 6. The molecule has 4 rings (SSSR count). The maximum absolute atomic E-state index is 13.4. The minimum Gasteiger partial charge on any atom is -0.473 e. The Morgan fingerprint density at radius 3 is 1.84 bits per heavy atom. The first-order chi connectivity index (χ1) is 18.2. The first-order valence-corrected chi connectivity index (χ1v) is 14.1. The van der Waals surface area contributed by atoms with E-state index >= 15 is 0 Å². The molecule has 0 radical (unpaired) electrons. The zero-order valence-electron chi connectivity index (χ0n) is 20.8. The van der Waals surface area contributed by atoms with Crippen molar-refractivity contribution in [2.24, 2.45) is 0 Å². The maximum Gasteiger partial charge on any atom is 0.414 e. The van der Waals surface area contributed by atoms with Gasteiger partial charge in [-0.25, -0.2) is 18.0 Å². The highest BCUT2D eigenvalue weighted by atomic mass is 35.5. The van der Waals surface area contributed by atoms with Crippen molar-refractivity contribution in [1.82, 2.24) is 4.90 Å². The number of rotatable bonds is 8. The third-order valence-electron chi connectivity index (χ3n) is 6.31. The van der Waals surface area contributed by atoms with E-state index in [2.05, 4.69) is 34.1 Å². The summed E-state index contributed by atoms with van der Waals surface area (Å²) in [5, 5.41) is 14.8. The quantitative estimate of drug-likeness (QED) is 0.385. The van der Waals surface area contributed by atoms with Crippen molar-refractivity contribution >= 4 is 39.1 Å². The van der Waals surface area contributed by atoms with Crippen LogP contribution < -0.4 is 4.90 Å². The van der Waals surface area contributed by atoms with Crippen molar-refractivity contribution in [2.45, 2.75) is 23.0 Å². The highest BCUT2D eigenvalue weighted by Gasteiger charge is 2.29. The predicted octanol–water partition coefficient (Wildman–Crippen LogP) is 4.61. The minimum atomic E-state index is -3.48. The fourth-order valence-electron chi connectivity index (χ4n) is 4.32. The first kappa shape index (κ1) is 29.2. The van der Waals surface area contributed by atoms with Gasteiger partial charge in [-0.3, -0.25) is 4.90 Å². The van der Waals surface area contributed by atoms with E-state index in [1.165, 1.54) is 5.69 Å². The Balaban J connectivity index is 0.000000599. The zero-order chi connectivity index (χ0) is 27.5. The lowest BCUT2D eigenvalue weighted by molar-refractivity contribution is -0.159. The highest BCUT2D eigenvalue weighted by Crippen LogP contribution is 2.33. The van der Waals surface area contributed by atoms with Crippen LogP contribution in [0.1, 0.15) is 23.7 Å². The van der Waals surface area contributed by atoms with Crippen LogP contribution in [0.3, 0.4) is 0 Å². The molecule has 3 aromatic carbocycles. The van der Waals surface area contributed by atoms with Gasteiger partial charge in [0.25, 0.3) is 0 Å². The molecule has 1 saturated heterocycles. The number of aliphatic carboxylic acids is 2. The van der Waals surface area contributed by atoms with Crippen molar-refractivity contribution in [3.05, 3.63) is 95.5 Å². The lowest BCUT2D eigenvalue weighted by atomic mass is 10.1. The van der Waals surface area contributed by atoms with Crippen LogP contribution >= 0.6 is 11.6 Å².